The molecule has 6 nitrogen and oxygen atoms in total. The number of hydrogen-bond acceptors (Lipinski definition) is 4. The molecule has 0 radical (unpaired) electrons. The average molecular weight is 771 g/mol. The largest absolute Gasteiger partial charge is 0.478 e. The quantitative estimate of drug-likeness (QED) is 0.0516. The van der Waals surface area contributed by atoms with Gasteiger partial charge in [-0.25, -0.2) is 14.4 Å². The molecule has 0 saturated heterocycles. The van der Waals surface area contributed by atoms with Crippen LogP contribution in [0, 0.1) is 23.2 Å². The molecule has 318 valence electrons. The molecule has 0 atom stereocenters. The van der Waals surface area contributed by atoms with E-state index in [2.05, 4.69) is 41.5 Å². The van der Waals surface area contributed by atoms with Gasteiger partial charge in [-0.05, 0) is 67.4 Å². The molecular formula is C49H86O6. The summed E-state index contributed by atoms with van der Waals surface area (Å²) in [5, 5.41) is 18.8. The van der Waals surface area contributed by atoms with Crippen LogP contribution in [0.5, 0.6) is 0 Å². The zero-order valence-corrected chi connectivity index (χ0v) is 36.7. The second-order valence-corrected chi connectivity index (χ2v) is 18.3. The molecule has 0 bridgehead atoms. The van der Waals surface area contributed by atoms with Crippen LogP contribution in [0.1, 0.15) is 259 Å². The third-order valence-corrected chi connectivity index (χ3v) is 11.8. The lowest BCUT2D eigenvalue weighted by molar-refractivity contribution is 0.0487. The van der Waals surface area contributed by atoms with Gasteiger partial charge in [0.25, 0.3) is 0 Å². The van der Waals surface area contributed by atoms with Gasteiger partial charge >= 0.3 is 17.9 Å². The van der Waals surface area contributed by atoms with Gasteiger partial charge in [0.2, 0.25) is 0 Å². The van der Waals surface area contributed by atoms with Crippen LogP contribution in [0.25, 0.3) is 0 Å². The minimum Gasteiger partial charge on any atom is -0.478 e. The molecular weight excluding hydrogens is 685 g/mol. The van der Waals surface area contributed by atoms with Gasteiger partial charge in [-0.3, -0.25) is 0 Å². The summed E-state index contributed by atoms with van der Waals surface area (Å²) in [5.74, 6) is -1.16. The summed E-state index contributed by atoms with van der Waals surface area (Å²) in [6.45, 7) is 14.3. The number of carbonyl (C=O) groups excluding carboxylic acids is 1. The lowest BCUT2D eigenvalue weighted by atomic mass is 9.70. The van der Waals surface area contributed by atoms with Crippen molar-refractivity contribution in [2.45, 2.75) is 228 Å². The van der Waals surface area contributed by atoms with Crippen molar-refractivity contribution in [2.24, 2.45) is 23.2 Å². The minimum absolute atomic E-state index is 0.199. The van der Waals surface area contributed by atoms with Crippen LogP contribution >= 0.6 is 0 Å². The number of esters is 1. The van der Waals surface area contributed by atoms with E-state index in [1.54, 1.807) is 0 Å². The Hall–Kier alpha value is -2.37. The van der Waals surface area contributed by atoms with E-state index >= 15 is 0 Å². The predicted octanol–water partition coefficient (Wildman–Crippen LogP) is 15.5. The van der Waals surface area contributed by atoms with Crippen molar-refractivity contribution in [1.82, 2.24) is 0 Å². The number of hydrogen-bond donors (Lipinski definition) is 2. The summed E-state index contributed by atoms with van der Waals surface area (Å²) in [5.41, 5.74) is -0.627. The Morgan fingerprint density at radius 2 is 0.800 bits per heavy atom. The number of rotatable bonds is 37. The molecule has 55 heavy (non-hydrogen) atoms. The normalized spacial score (nSPS) is 11.9. The average Bonchev–Trinajstić information content (AvgIpc) is 3.13. The van der Waals surface area contributed by atoms with Crippen LogP contribution in [-0.4, -0.2) is 34.7 Å². The van der Waals surface area contributed by atoms with Gasteiger partial charge in [0.05, 0.1) is 23.3 Å². The lowest BCUT2D eigenvalue weighted by Crippen LogP contribution is -2.21. The molecule has 0 amide bonds. The van der Waals surface area contributed by atoms with Crippen LogP contribution in [0.2, 0.25) is 0 Å². The topological polar surface area (TPSA) is 101 Å². The molecule has 1 aromatic rings. The number of benzene rings is 1. The highest BCUT2D eigenvalue weighted by Crippen LogP contribution is 2.42. The number of carboxylic acids is 2. The summed E-state index contributed by atoms with van der Waals surface area (Å²) in [6, 6.07) is 3.87. The summed E-state index contributed by atoms with van der Waals surface area (Å²) in [7, 11) is 0. The highest BCUT2D eigenvalue weighted by molar-refractivity contribution is 6.09. The zero-order chi connectivity index (χ0) is 40.7. The molecule has 0 spiro atoms. The molecule has 0 aromatic heterocycles. The molecule has 0 heterocycles. The fraction of sp³-hybridized carbons (Fsp3) is 0.816. The minimum atomic E-state index is -1.45. The molecule has 0 aliphatic carbocycles. The monoisotopic (exact) mass is 771 g/mol. The molecule has 6 heteroatoms. The van der Waals surface area contributed by atoms with Gasteiger partial charge < -0.3 is 14.9 Å². The Labute approximate surface area is 338 Å². The maximum atomic E-state index is 12.6. The molecule has 0 fully saturated rings. The Kier molecular flexibility index (Phi) is 29.2. The van der Waals surface area contributed by atoms with Gasteiger partial charge in [0.15, 0.2) is 0 Å². The first-order valence-electron chi connectivity index (χ1n) is 23.1. The highest BCUT2D eigenvalue weighted by atomic mass is 16.5. The predicted molar refractivity (Wildman–Crippen MR) is 231 cm³/mol. The Morgan fingerprint density at radius 1 is 0.473 bits per heavy atom. The Morgan fingerprint density at radius 3 is 1.15 bits per heavy atom. The third kappa shape index (κ3) is 25.5. The first-order chi connectivity index (χ1) is 26.4. The summed E-state index contributed by atoms with van der Waals surface area (Å²) >= 11 is 0. The van der Waals surface area contributed by atoms with Crippen LogP contribution in [0.4, 0.5) is 0 Å². The van der Waals surface area contributed by atoms with Crippen molar-refractivity contribution in [1.29, 1.82) is 0 Å². The van der Waals surface area contributed by atoms with E-state index in [1.807, 2.05) is 0 Å². The third-order valence-electron chi connectivity index (χ3n) is 11.8. The molecule has 0 aliphatic heterocycles. The first-order valence-corrected chi connectivity index (χ1v) is 23.1. The van der Waals surface area contributed by atoms with Crippen molar-refractivity contribution in [2.75, 3.05) is 6.61 Å². The SMILES string of the molecule is CC(C)CCCCCCCC(CCCCCCCCCOC(=O)c1cccc(C(=O)O)c1C(=O)O)(CCCCCCCC(C)C)CCCCCCCC(C)C. The number of ether oxygens (including phenoxy) is 1. The van der Waals surface area contributed by atoms with Gasteiger partial charge in [-0.2, -0.15) is 0 Å². The molecule has 1 rings (SSSR count). The Bertz CT molecular complexity index is 1080. The highest BCUT2D eigenvalue weighted by Gasteiger charge is 2.28. The van der Waals surface area contributed by atoms with Crippen molar-refractivity contribution in [3.05, 3.63) is 34.9 Å². The number of carboxylic acid groups (broad SMARTS) is 2. The number of carbonyl (C=O) groups is 3. The molecule has 2 N–H and O–H groups in total. The summed E-state index contributed by atoms with van der Waals surface area (Å²) in [6.07, 6.45) is 38.5. The van der Waals surface area contributed by atoms with Crippen LogP contribution in [0.3, 0.4) is 0 Å². The molecule has 0 aliphatic rings. The Balaban J connectivity index is 2.64. The van der Waals surface area contributed by atoms with E-state index in [0.29, 0.717) is 11.8 Å². The fourth-order valence-electron chi connectivity index (χ4n) is 8.36. The number of unbranched alkanes of at least 4 members (excludes halogenated alkanes) is 18. The molecule has 0 saturated carbocycles. The van der Waals surface area contributed by atoms with E-state index in [0.717, 1.165) is 30.6 Å². The van der Waals surface area contributed by atoms with E-state index < -0.39 is 29.0 Å². The van der Waals surface area contributed by atoms with Crippen molar-refractivity contribution in [3.63, 3.8) is 0 Å². The zero-order valence-electron chi connectivity index (χ0n) is 36.7. The summed E-state index contributed by atoms with van der Waals surface area (Å²) < 4.78 is 5.35. The van der Waals surface area contributed by atoms with Crippen molar-refractivity contribution >= 4 is 17.9 Å². The van der Waals surface area contributed by atoms with Crippen LogP contribution in [0.15, 0.2) is 18.2 Å². The van der Waals surface area contributed by atoms with E-state index in [9.17, 15) is 24.6 Å². The van der Waals surface area contributed by atoms with Crippen molar-refractivity contribution in [3.8, 4) is 0 Å². The van der Waals surface area contributed by atoms with Crippen LogP contribution in [-0.2, 0) is 4.74 Å². The lowest BCUT2D eigenvalue weighted by Gasteiger charge is -2.35. The fourth-order valence-corrected chi connectivity index (χ4v) is 8.36. The molecule has 1 aromatic carbocycles. The van der Waals surface area contributed by atoms with Crippen LogP contribution < -0.4 is 0 Å². The van der Waals surface area contributed by atoms with Gasteiger partial charge in [-0.15, -0.1) is 0 Å². The number of aromatic carboxylic acids is 2. The van der Waals surface area contributed by atoms with Gasteiger partial charge in [-0.1, -0.05) is 202 Å². The van der Waals surface area contributed by atoms with E-state index in [-0.39, 0.29) is 12.2 Å². The molecule has 0 unspecified atom stereocenters. The maximum Gasteiger partial charge on any atom is 0.339 e. The maximum absolute atomic E-state index is 12.6. The standard InChI is InChI=1S/C49H86O6/c1-40(2)30-21-13-10-17-25-36-49(37-26-18-11-14-22-31-41(3)4,38-27-19-12-15-23-32-42(5)6)35-24-16-8-7-9-20-28-39-55-48(54)44-34-29-33-43(46(50)51)45(44)47(52)53/h29,33-34,40-42H,7-28,30-32,35-39H2,1-6H3,(H,50,51)(H,52,53). The second kappa shape index (κ2) is 31.7. The van der Waals surface area contributed by atoms with Crippen molar-refractivity contribution < 1.29 is 29.3 Å². The van der Waals surface area contributed by atoms with Gasteiger partial charge in [0.1, 0.15) is 0 Å². The van der Waals surface area contributed by atoms with Gasteiger partial charge in [0, 0.05) is 0 Å². The van der Waals surface area contributed by atoms with E-state index in [4.69, 9.17) is 4.74 Å². The van der Waals surface area contributed by atoms with E-state index in [1.165, 1.54) is 185 Å². The second-order valence-electron chi connectivity index (χ2n) is 18.3. The smallest absolute Gasteiger partial charge is 0.339 e. The summed E-state index contributed by atoms with van der Waals surface area (Å²) in [4.78, 5) is 35.7. The first kappa shape index (κ1) is 50.6.